The molecule has 3 N–H and O–H groups in total. The fourth-order valence-electron chi connectivity index (χ4n) is 3.05. The average Bonchev–Trinajstić information content (AvgIpc) is 2.94. The third-order valence-electron chi connectivity index (χ3n) is 4.55. The molecule has 0 unspecified atom stereocenters. The van der Waals surface area contributed by atoms with E-state index in [-0.39, 0.29) is 13.2 Å². The van der Waals surface area contributed by atoms with Crippen LogP contribution in [0, 0.1) is 12.8 Å². The fourth-order valence-corrected chi connectivity index (χ4v) is 3.05. The second-order valence-electron chi connectivity index (χ2n) is 6.38. The molecular formula is C18H22N2O6. The highest BCUT2D eigenvalue weighted by Gasteiger charge is 2.44. The molecule has 4 atom stereocenters. The normalized spacial score (nSPS) is 25.5. The molecule has 0 aliphatic carbocycles. The number of aromatic amines is 1. The Morgan fingerprint density at radius 2 is 2.00 bits per heavy atom. The minimum Gasteiger partial charge on any atom is -0.396 e. The van der Waals surface area contributed by atoms with Crippen molar-refractivity contribution < 1.29 is 19.7 Å². The van der Waals surface area contributed by atoms with E-state index in [4.69, 9.17) is 9.47 Å². The van der Waals surface area contributed by atoms with Crippen LogP contribution in [0.3, 0.4) is 0 Å². The number of hydrogen-bond donors (Lipinski definition) is 3. The summed E-state index contributed by atoms with van der Waals surface area (Å²) >= 11 is 0. The van der Waals surface area contributed by atoms with Crippen LogP contribution in [0.1, 0.15) is 17.4 Å². The van der Waals surface area contributed by atoms with Crippen molar-refractivity contribution in [1.29, 1.82) is 0 Å². The maximum atomic E-state index is 12.0. The monoisotopic (exact) mass is 362 g/mol. The van der Waals surface area contributed by atoms with E-state index in [1.807, 2.05) is 30.3 Å². The van der Waals surface area contributed by atoms with Gasteiger partial charge in [-0.2, -0.15) is 0 Å². The van der Waals surface area contributed by atoms with E-state index >= 15 is 0 Å². The van der Waals surface area contributed by atoms with E-state index in [1.54, 1.807) is 6.92 Å². The van der Waals surface area contributed by atoms with E-state index in [1.165, 1.54) is 6.20 Å². The number of nitrogens with one attached hydrogen (secondary N) is 1. The standard InChI is InChI=1S/C18H22N2O6/c1-11-7-20(18(24)19-16(11)23)17-15(22)13(8-21)14(26-17)10-25-9-12-5-3-2-4-6-12/h2-7,13-15,17,21-22H,8-10H2,1H3,(H,19,23,24)/t13-,14-,15-,17-/m1/s1. The largest absolute Gasteiger partial charge is 0.396 e. The summed E-state index contributed by atoms with van der Waals surface area (Å²) in [7, 11) is 0. The number of nitrogens with zero attached hydrogens (tertiary/aromatic N) is 1. The second-order valence-corrected chi connectivity index (χ2v) is 6.38. The maximum Gasteiger partial charge on any atom is 0.330 e. The number of ether oxygens (including phenoxy) is 2. The smallest absolute Gasteiger partial charge is 0.330 e. The first-order valence-corrected chi connectivity index (χ1v) is 8.39. The minimum absolute atomic E-state index is 0.158. The van der Waals surface area contributed by atoms with Crippen LogP contribution < -0.4 is 11.2 Å². The SMILES string of the molecule is Cc1cn([C@@H]2O[C@H](COCc3ccccc3)[C@@H](CO)[C@H]2O)c(=O)[nH]c1=O. The first-order valence-electron chi connectivity index (χ1n) is 8.39. The quantitative estimate of drug-likeness (QED) is 0.663. The van der Waals surface area contributed by atoms with Crippen molar-refractivity contribution in [1.82, 2.24) is 9.55 Å². The molecule has 1 saturated heterocycles. The molecule has 140 valence electrons. The average molecular weight is 362 g/mol. The van der Waals surface area contributed by atoms with Crippen molar-refractivity contribution in [2.75, 3.05) is 13.2 Å². The lowest BCUT2D eigenvalue weighted by Gasteiger charge is -2.18. The Morgan fingerprint density at radius 1 is 1.27 bits per heavy atom. The lowest BCUT2D eigenvalue weighted by Crippen LogP contribution is -2.37. The van der Waals surface area contributed by atoms with Gasteiger partial charge in [-0.3, -0.25) is 14.3 Å². The van der Waals surface area contributed by atoms with E-state index < -0.39 is 35.6 Å². The number of rotatable bonds is 6. The highest BCUT2D eigenvalue weighted by molar-refractivity contribution is 5.13. The predicted octanol–water partition coefficient (Wildman–Crippen LogP) is -0.0714. The van der Waals surface area contributed by atoms with Crippen molar-refractivity contribution in [3.05, 3.63) is 68.5 Å². The molecule has 26 heavy (non-hydrogen) atoms. The number of aliphatic hydroxyl groups is 2. The predicted molar refractivity (Wildman–Crippen MR) is 92.7 cm³/mol. The van der Waals surface area contributed by atoms with Gasteiger partial charge in [0.15, 0.2) is 6.23 Å². The van der Waals surface area contributed by atoms with Gasteiger partial charge in [0.1, 0.15) is 6.10 Å². The van der Waals surface area contributed by atoms with Crippen LogP contribution in [-0.4, -0.2) is 45.2 Å². The summed E-state index contributed by atoms with van der Waals surface area (Å²) in [6.45, 7) is 1.77. The van der Waals surface area contributed by atoms with Gasteiger partial charge in [0.2, 0.25) is 0 Å². The van der Waals surface area contributed by atoms with Gasteiger partial charge in [-0.15, -0.1) is 0 Å². The van der Waals surface area contributed by atoms with Gasteiger partial charge in [0.25, 0.3) is 5.56 Å². The first kappa shape index (κ1) is 18.5. The van der Waals surface area contributed by atoms with E-state index in [0.717, 1.165) is 10.1 Å². The summed E-state index contributed by atoms with van der Waals surface area (Å²) < 4.78 is 12.6. The van der Waals surface area contributed by atoms with Crippen molar-refractivity contribution >= 4 is 0 Å². The van der Waals surface area contributed by atoms with Crippen molar-refractivity contribution in [2.45, 2.75) is 32.0 Å². The Morgan fingerprint density at radius 3 is 2.69 bits per heavy atom. The zero-order chi connectivity index (χ0) is 18.7. The summed E-state index contributed by atoms with van der Waals surface area (Å²) in [5.41, 5.74) is 0.160. The van der Waals surface area contributed by atoms with E-state index in [2.05, 4.69) is 4.98 Å². The summed E-state index contributed by atoms with van der Waals surface area (Å²) in [4.78, 5) is 25.7. The number of H-pyrrole nitrogens is 1. The number of benzene rings is 1. The molecule has 8 nitrogen and oxygen atoms in total. The molecule has 1 aromatic heterocycles. The number of aliphatic hydroxyl groups excluding tert-OH is 2. The molecule has 0 bridgehead atoms. The molecule has 2 heterocycles. The number of aromatic nitrogens is 2. The summed E-state index contributed by atoms with van der Waals surface area (Å²) in [6.07, 6.45) is -1.34. The van der Waals surface area contributed by atoms with E-state index in [0.29, 0.717) is 12.2 Å². The van der Waals surface area contributed by atoms with Crippen LogP contribution in [0.5, 0.6) is 0 Å². The summed E-state index contributed by atoms with van der Waals surface area (Å²) in [5.74, 6) is -0.602. The molecule has 0 amide bonds. The number of aryl methyl sites for hydroxylation is 1. The summed E-state index contributed by atoms with van der Waals surface area (Å²) in [6, 6.07) is 9.59. The molecule has 1 aliphatic rings. The van der Waals surface area contributed by atoms with Gasteiger partial charge < -0.3 is 19.7 Å². The molecule has 0 saturated carbocycles. The van der Waals surface area contributed by atoms with Crippen LogP contribution in [0.15, 0.2) is 46.1 Å². The zero-order valence-electron chi connectivity index (χ0n) is 14.4. The summed E-state index contributed by atoms with van der Waals surface area (Å²) in [5, 5.41) is 20.1. The minimum atomic E-state index is -1.10. The Bertz CT molecular complexity index is 847. The van der Waals surface area contributed by atoms with Gasteiger partial charge in [0, 0.05) is 17.7 Å². The lowest BCUT2D eigenvalue weighted by atomic mass is 9.99. The fraction of sp³-hybridized carbons (Fsp3) is 0.444. The zero-order valence-corrected chi connectivity index (χ0v) is 14.4. The van der Waals surface area contributed by atoms with Gasteiger partial charge in [-0.05, 0) is 12.5 Å². The first-order chi connectivity index (χ1) is 12.5. The Kier molecular flexibility index (Phi) is 5.67. The third kappa shape index (κ3) is 3.78. The molecule has 0 radical (unpaired) electrons. The van der Waals surface area contributed by atoms with Crippen molar-refractivity contribution in [3.63, 3.8) is 0 Å². The van der Waals surface area contributed by atoms with Crippen molar-refractivity contribution in [2.24, 2.45) is 5.92 Å². The Hall–Kier alpha value is -2.26. The molecule has 8 heteroatoms. The molecule has 1 fully saturated rings. The second kappa shape index (κ2) is 7.96. The highest BCUT2D eigenvalue weighted by atomic mass is 16.6. The van der Waals surface area contributed by atoms with Crippen LogP contribution in [-0.2, 0) is 16.1 Å². The molecule has 0 spiro atoms. The third-order valence-corrected chi connectivity index (χ3v) is 4.55. The molecule has 1 aromatic carbocycles. The van der Waals surface area contributed by atoms with Crippen LogP contribution in [0.25, 0.3) is 0 Å². The van der Waals surface area contributed by atoms with Crippen molar-refractivity contribution in [3.8, 4) is 0 Å². The van der Waals surface area contributed by atoms with Crippen LogP contribution in [0.4, 0.5) is 0 Å². The van der Waals surface area contributed by atoms with Gasteiger partial charge >= 0.3 is 5.69 Å². The molecular weight excluding hydrogens is 340 g/mol. The van der Waals surface area contributed by atoms with Gasteiger partial charge in [-0.1, -0.05) is 30.3 Å². The van der Waals surface area contributed by atoms with Gasteiger partial charge in [0.05, 0.1) is 25.9 Å². The Balaban J connectivity index is 1.72. The molecule has 2 aromatic rings. The lowest BCUT2D eigenvalue weighted by molar-refractivity contribution is -0.0683. The maximum absolute atomic E-state index is 12.0. The molecule has 1 aliphatic heterocycles. The highest BCUT2D eigenvalue weighted by Crippen LogP contribution is 2.33. The topological polar surface area (TPSA) is 114 Å². The Labute approximate surface area is 149 Å². The van der Waals surface area contributed by atoms with Gasteiger partial charge in [-0.25, -0.2) is 4.79 Å². The van der Waals surface area contributed by atoms with E-state index in [9.17, 15) is 19.8 Å². The van der Waals surface area contributed by atoms with Crippen LogP contribution in [0.2, 0.25) is 0 Å². The number of hydrogen-bond acceptors (Lipinski definition) is 6. The van der Waals surface area contributed by atoms with Crippen LogP contribution >= 0.6 is 0 Å². The molecule has 3 rings (SSSR count).